The van der Waals surface area contributed by atoms with Crippen LogP contribution in [-0.4, -0.2) is 47.3 Å². The van der Waals surface area contributed by atoms with Crippen molar-refractivity contribution in [2.75, 3.05) is 6.61 Å². The fraction of sp³-hybridized carbons (Fsp3) is 0.171. The number of benzene rings is 3. The molecule has 1 atom stereocenters. The fourth-order valence-electron chi connectivity index (χ4n) is 4.63. The van der Waals surface area contributed by atoms with E-state index in [4.69, 9.17) is 9.47 Å². The SMILES string of the molecule is C=CCOc1ccc(C=CC(=O)C=Cc2ccc(OCc3cn(CC(O)(Cn4cncn4)c4ccc(C)cc4F)nn3)cc2)cc1. The maximum Gasteiger partial charge on any atom is 0.178 e. The number of carbonyl (C=O) groups is 1. The molecule has 234 valence electrons. The molecule has 3 aromatic carbocycles. The van der Waals surface area contributed by atoms with E-state index < -0.39 is 11.4 Å². The Kier molecular flexibility index (Phi) is 10.3. The van der Waals surface area contributed by atoms with Crippen molar-refractivity contribution in [1.82, 2.24) is 29.8 Å². The smallest absolute Gasteiger partial charge is 0.178 e. The summed E-state index contributed by atoms with van der Waals surface area (Å²) in [5, 5.41) is 24.0. The molecule has 0 aliphatic heterocycles. The maximum atomic E-state index is 14.9. The van der Waals surface area contributed by atoms with E-state index in [9.17, 15) is 14.3 Å². The lowest BCUT2D eigenvalue weighted by atomic mass is 9.92. The first kappa shape index (κ1) is 31.7. The molecular weight excluding hydrogens is 587 g/mol. The Morgan fingerprint density at radius 2 is 1.61 bits per heavy atom. The van der Waals surface area contributed by atoms with E-state index in [1.54, 1.807) is 55.6 Å². The molecule has 0 saturated carbocycles. The van der Waals surface area contributed by atoms with Crippen LogP contribution in [0.25, 0.3) is 12.2 Å². The Morgan fingerprint density at radius 3 is 2.22 bits per heavy atom. The largest absolute Gasteiger partial charge is 0.490 e. The van der Waals surface area contributed by atoms with Crippen LogP contribution in [0.4, 0.5) is 4.39 Å². The second-order valence-corrected chi connectivity index (χ2v) is 10.6. The topological polar surface area (TPSA) is 117 Å². The van der Waals surface area contributed by atoms with Crippen LogP contribution in [0.1, 0.15) is 27.9 Å². The van der Waals surface area contributed by atoms with Crippen LogP contribution in [0.3, 0.4) is 0 Å². The van der Waals surface area contributed by atoms with E-state index in [1.807, 2.05) is 36.4 Å². The van der Waals surface area contributed by atoms with Crippen LogP contribution in [0, 0.1) is 12.7 Å². The number of halogens is 1. The molecule has 0 fully saturated rings. The number of ketones is 1. The van der Waals surface area contributed by atoms with Crippen LogP contribution in [0.15, 0.2) is 110 Å². The summed E-state index contributed by atoms with van der Waals surface area (Å²) in [7, 11) is 0. The average molecular weight is 621 g/mol. The molecule has 0 saturated heterocycles. The summed E-state index contributed by atoms with van der Waals surface area (Å²) in [6.45, 7) is 5.85. The van der Waals surface area contributed by atoms with Gasteiger partial charge in [0, 0.05) is 5.56 Å². The lowest BCUT2D eigenvalue weighted by molar-refractivity contribution is -0.110. The standard InChI is InChI=1S/C35H33FN6O4/c1-3-18-45-31-13-7-27(8-14-31)5-11-30(43)12-6-28-9-15-32(16-10-28)46-21-29-20-41(40-39-29)22-35(44,23-42-25-37-24-38-42)33-17-4-26(2)19-34(33)36/h3-17,19-20,24-25,44H,1,18,21-23H2,2H3. The van der Waals surface area contributed by atoms with Crippen molar-refractivity contribution in [3.05, 3.63) is 144 Å². The second-order valence-electron chi connectivity index (χ2n) is 10.6. The average Bonchev–Trinajstić information content (AvgIpc) is 3.73. The molecule has 1 N–H and O–H groups in total. The van der Waals surface area contributed by atoms with Gasteiger partial charge in [0.05, 0.1) is 19.3 Å². The molecule has 5 aromatic rings. The van der Waals surface area contributed by atoms with Crippen LogP contribution in [0.5, 0.6) is 11.5 Å². The summed E-state index contributed by atoms with van der Waals surface area (Å²) >= 11 is 0. The van der Waals surface area contributed by atoms with Gasteiger partial charge in [-0.05, 0) is 66.1 Å². The number of ether oxygens (including phenoxy) is 2. The highest BCUT2D eigenvalue weighted by molar-refractivity contribution is 6.04. The third-order valence-electron chi connectivity index (χ3n) is 6.92. The van der Waals surface area contributed by atoms with E-state index in [0.29, 0.717) is 18.1 Å². The number of carbonyl (C=O) groups excluding carboxylic acids is 1. The molecule has 2 aromatic heterocycles. The molecule has 11 heteroatoms. The van der Waals surface area contributed by atoms with Gasteiger partial charge in [0.1, 0.15) is 54.5 Å². The van der Waals surface area contributed by atoms with Crippen molar-refractivity contribution in [1.29, 1.82) is 0 Å². The van der Waals surface area contributed by atoms with Crippen molar-refractivity contribution in [2.45, 2.75) is 32.2 Å². The zero-order chi connectivity index (χ0) is 32.4. The Morgan fingerprint density at radius 1 is 0.957 bits per heavy atom. The molecule has 46 heavy (non-hydrogen) atoms. The first-order chi connectivity index (χ1) is 22.3. The molecule has 0 amide bonds. The molecule has 0 bridgehead atoms. The first-order valence-corrected chi connectivity index (χ1v) is 14.5. The summed E-state index contributed by atoms with van der Waals surface area (Å²) in [5.74, 6) is 0.667. The third kappa shape index (κ3) is 8.70. The molecule has 0 spiro atoms. The monoisotopic (exact) mass is 620 g/mol. The van der Waals surface area contributed by atoms with Gasteiger partial charge in [0.2, 0.25) is 0 Å². The lowest BCUT2D eigenvalue weighted by Crippen LogP contribution is -2.37. The van der Waals surface area contributed by atoms with E-state index in [0.717, 1.165) is 22.4 Å². The quantitative estimate of drug-likeness (QED) is 0.123. The minimum absolute atomic E-state index is 0.0400. The molecule has 0 aliphatic rings. The van der Waals surface area contributed by atoms with Gasteiger partial charge in [0.25, 0.3) is 0 Å². The van der Waals surface area contributed by atoms with Crippen molar-refractivity contribution in [2.24, 2.45) is 0 Å². The Bertz CT molecular complexity index is 1810. The van der Waals surface area contributed by atoms with Crippen LogP contribution in [0.2, 0.25) is 0 Å². The summed E-state index contributed by atoms with van der Waals surface area (Å²) in [4.78, 5) is 16.2. The molecular formula is C35H33FN6O4. The summed E-state index contributed by atoms with van der Waals surface area (Å²) < 4.78 is 29.2. The fourth-order valence-corrected chi connectivity index (χ4v) is 4.63. The van der Waals surface area contributed by atoms with Gasteiger partial charge in [-0.1, -0.05) is 66.4 Å². The molecule has 0 radical (unpaired) electrons. The van der Waals surface area contributed by atoms with Gasteiger partial charge in [-0.25, -0.2) is 18.7 Å². The van der Waals surface area contributed by atoms with Crippen LogP contribution < -0.4 is 9.47 Å². The highest BCUT2D eigenvalue weighted by Gasteiger charge is 2.34. The van der Waals surface area contributed by atoms with Crippen LogP contribution >= 0.6 is 0 Å². The van der Waals surface area contributed by atoms with E-state index >= 15 is 0 Å². The van der Waals surface area contributed by atoms with Gasteiger partial charge in [-0.15, -0.1) is 5.10 Å². The summed E-state index contributed by atoms with van der Waals surface area (Å²) in [5.41, 5.74) is 1.42. The number of allylic oxidation sites excluding steroid dienone is 2. The Hall–Kier alpha value is -5.68. The van der Waals surface area contributed by atoms with E-state index in [2.05, 4.69) is 27.0 Å². The van der Waals surface area contributed by atoms with Gasteiger partial charge >= 0.3 is 0 Å². The van der Waals surface area contributed by atoms with E-state index in [-0.39, 0.29) is 31.0 Å². The minimum atomic E-state index is -1.68. The van der Waals surface area contributed by atoms with Gasteiger partial charge in [0.15, 0.2) is 5.78 Å². The number of aryl methyl sites for hydroxylation is 1. The summed E-state index contributed by atoms with van der Waals surface area (Å²) in [6, 6.07) is 19.4. The maximum absolute atomic E-state index is 14.9. The molecule has 5 rings (SSSR count). The number of aliphatic hydroxyl groups is 1. The molecule has 1 unspecified atom stereocenters. The van der Waals surface area contributed by atoms with Gasteiger partial charge in [-0.3, -0.25) is 4.79 Å². The predicted octanol–water partition coefficient (Wildman–Crippen LogP) is 5.34. The molecule has 10 nitrogen and oxygen atoms in total. The molecule has 0 aliphatic carbocycles. The van der Waals surface area contributed by atoms with Crippen molar-refractivity contribution in [3.8, 4) is 11.5 Å². The predicted molar refractivity (Wildman–Crippen MR) is 171 cm³/mol. The number of nitrogens with zero attached hydrogens (tertiary/aromatic N) is 6. The van der Waals surface area contributed by atoms with Crippen LogP contribution in [-0.2, 0) is 30.1 Å². The van der Waals surface area contributed by atoms with Crippen molar-refractivity contribution in [3.63, 3.8) is 0 Å². The second kappa shape index (κ2) is 14.9. The van der Waals surface area contributed by atoms with Crippen molar-refractivity contribution >= 4 is 17.9 Å². The van der Waals surface area contributed by atoms with Crippen molar-refractivity contribution < 1.29 is 23.8 Å². The first-order valence-electron chi connectivity index (χ1n) is 14.5. The van der Waals surface area contributed by atoms with Gasteiger partial charge < -0.3 is 14.6 Å². The third-order valence-corrected chi connectivity index (χ3v) is 6.92. The zero-order valence-corrected chi connectivity index (χ0v) is 25.2. The number of aromatic nitrogens is 6. The number of hydrogen-bond acceptors (Lipinski definition) is 8. The Balaban J connectivity index is 1.15. The zero-order valence-electron chi connectivity index (χ0n) is 25.2. The normalized spacial score (nSPS) is 12.8. The lowest BCUT2D eigenvalue weighted by Gasteiger charge is -2.28. The van der Waals surface area contributed by atoms with Gasteiger partial charge in [-0.2, -0.15) is 5.10 Å². The summed E-state index contributed by atoms with van der Waals surface area (Å²) in [6.07, 6.45) is 12.6. The molecule has 2 heterocycles. The Labute approximate surface area is 265 Å². The number of hydrogen-bond donors (Lipinski definition) is 1. The highest BCUT2D eigenvalue weighted by Crippen LogP contribution is 2.28. The minimum Gasteiger partial charge on any atom is -0.490 e. The number of rotatable bonds is 15. The highest BCUT2D eigenvalue weighted by atomic mass is 19.1. The van der Waals surface area contributed by atoms with E-state index in [1.165, 1.54) is 40.2 Å².